The van der Waals surface area contributed by atoms with Crippen molar-refractivity contribution in [1.82, 2.24) is 4.98 Å². The molecule has 0 unspecified atom stereocenters. The van der Waals surface area contributed by atoms with E-state index in [-0.39, 0.29) is 29.2 Å². The summed E-state index contributed by atoms with van der Waals surface area (Å²) in [7, 11) is 0. The fraction of sp³-hybridized carbons (Fsp3) is 0.172. The van der Waals surface area contributed by atoms with Crippen LogP contribution in [0.3, 0.4) is 0 Å². The normalized spacial score (nSPS) is 19.8. The Morgan fingerprint density at radius 1 is 1.02 bits per heavy atom. The summed E-state index contributed by atoms with van der Waals surface area (Å²) in [6, 6.07) is 21.1. The minimum Gasteiger partial charge on any atom is -0.484 e. The first-order valence-electron chi connectivity index (χ1n) is 12.4. The zero-order chi connectivity index (χ0) is 28.0. The third-order valence-electron chi connectivity index (χ3n) is 6.83. The third kappa shape index (κ3) is 4.94. The monoisotopic (exact) mass is 591 g/mol. The van der Waals surface area contributed by atoms with Crippen LogP contribution in [-0.2, 0) is 14.4 Å². The first-order chi connectivity index (χ1) is 19.3. The summed E-state index contributed by atoms with van der Waals surface area (Å²) >= 11 is 8.17. The topological polar surface area (TPSA) is 109 Å². The number of nitrogens with one attached hydrogen (secondary N) is 2. The Labute approximate surface area is 242 Å². The van der Waals surface area contributed by atoms with Gasteiger partial charge in [0.05, 0.1) is 16.6 Å². The van der Waals surface area contributed by atoms with Gasteiger partial charge in [0, 0.05) is 21.5 Å². The number of ether oxygens (including phenoxy) is 1. The van der Waals surface area contributed by atoms with Crippen LogP contribution in [0.2, 0.25) is 5.02 Å². The van der Waals surface area contributed by atoms with Crippen LogP contribution < -0.4 is 19.8 Å². The zero-order valence-corrected chi connectivity index (χ0v) is 23.4. The van der Waals surface area contributed by atoms with E-state index in [1.54, 1.807) is 54.6 Å². The summed E-state index contributed by atoms with van der Waals surface area (Å²) in [6.45, 7) is 1.70. The molecular weight excluding hydrogens is 570 g/mol. The maximum absolute atomic E-state index is 13.8. The summed E-state index contributed by atoms with van der Waals surface area (Å²) in [4.78, 5) is 56.8. The minimum absolute atomic E-state index is 0.236. The van der Waals surface area contributed by atoms with Crippen molar-refractivity contribution in [2.24, 2.45) is 5.92 Å². The number of imide groups is 1. The Bertz CT molecular complexity index is 1680. The quantitative estimate of drug-likeness (QED) is 0.298. The van der Waals surface area contributed by atoms with E-state index >= 15 is 0 Å². The number of aryl methyl sites for hydroxylation is 1. The Morgan fingerprint density at radius 3 is 2.52 bits per heavy atom. The zero-order valence-electron chi connectivity index (χ0n) is 21.1. The van der Waals surface area contributed by atoms with Crippen LogP contribution in [0.4, 0.5) is 11.4 Å². The molecule has 11 heteroatoms. The van der Waals surface area contributed by atoms with Gasteiger partial charge in [0.15, 0.2) is 6.61 Å². The number of carbonyl (C=O) groups excluding carboxylic acids is 3. The average Bonchev–Trinajstić information content (AvgIpc) is 3.43. The van der Waals surface area contributed by atoms with Crippen LogP contribution in [0.25, 0.3) is 0 Å². The Balaban J connectivity index is 1.28. The molecule has 0 spiro atoms. The number of halogens is 1. The fourth-order valence-corrected chi connectivity index (χ4v) is 7.64. The van der Waals surface area contributed by atoms with Crippen molar-refractivity contribution in [3.8, 4) is 5.75 Å². The minimum atomic E-state index is -0.707. The van der Waals surface area contributed by atoms with Crippen molar-refractivity contribution in [2.45, 2.75) is 23.1 Å². The van der Waals surface area contributed by atoms with Crippen molar-refractivity contribution < 1.29 is 19.1 Å². The van der Waals surface area contributed by atoms with Gasteiger partial charge in [0.1, 0.15) is 11.0 Å². The van der Waals surface area contributed by atoms with Gasteiger partial charge in [-0.15, -0.1) is 0 Å². The molecule has 2 aliphatic rings. The highest BCUT2D eigenvalue weighted by atomic mass is 35.5. The molecule has 40 heavy (non-hydrogen) atoms. The largest absolute Gasteiger partial charge is 0.484 e. The lowest BCUT2D eigenvalue weighted by Crippen LogP contribution is -2.32. The SMILES string of the molecule is Cc1ccc(N2C(=O)[C@H]3[C@H](c4cccc(OCC(=O)Nc5ccc(Cl)cc5)c4)c4sc(=O)[nH]c4S[C@H]3C2=O)cc1. The standard InChI is InChI=1S/C29H22ClN3O5S2/c1-15-5-11-19(12-6-15)33-27(35)23-22(24-26(32-29(37)40-24)39-25(23)28(33)36)16-3-2-4-20(13-16)38-14-21(34)31-18-9-7-17(30)8-10-18/h2-13,22-23,25H,14H2,1H3,(H,31,34)(H,32,37)/t22-,23-,25+/m0/s1. The Morgan fingerprint density at radius 2 is 1.77 bits per heavy atom. The summed E-state index contributed by atoms with van der Waals surface area (Å²) < 4.78 is 5.78. The van der Waals surface area contributed by atoms with Crippen LogP contribution in [0, 0.1) is 12.8 Å². The molecule has 4 aromatic rings. The molecule has 1 aromatic heterocycles. The van der Waals surface area contributed by atoms with Crippen molar-refractivity contribution >= 4 is 63.8 Å². The molecule has 3 amide bonds. The third-order valence-corrected chi connectivity index (χ3v) is 9.48. The number of rotatable bonds is 6. The van der Waals surface area contributed by atoms with E-state index in [9.17, 15) is 19.2 Å². The smallest absolute Gasteiger partial charge is 0.305 e. The molecule has 2 N–H and O–H groups in total. The molecule has 202 valence electrons. The molecule has 8 nitrogen and oxygen atoms in total. The molecule has 0 aliphatic carbocycles. The number of carbonyl (C=O) groups is 3. The molecular formula is C29H22ClN3O5S2. The molecule has 0 saturated carbocycles. The lowest BCUT2D eigenvalue weighted by atomic mass is 9.83. The number of thioether (sulfide) groups is 1. The highest BCUT2D eigenvalue weighted by Gasteiger charge is 2.56. The number of nitrogens with zero attached hydrogens (tertiary/aromatic N) is 1. The van der Waals surface area contributed by atoms with Gasteiger partial charge in [-0.05, 0) is 61.0 Å². The van der Waals surface area contributed by atoms with E-state index in [1.807, 2.05) is 25.1 Å². The predicted molar refractivity (Wildman–Crippen MR) is 156 cm³/mol. The summed E-state index contributed by atoms with van der Waals surface area (Å²) in [5.74, 6) is -1.78. The van der Waals surface area contributed by atoms with E-state index < -0.39 is 17.1 Å². The van der Waals surface area contributed by atoms with E-state index in [0.717, 1.165) is 16.9 Å². The van der Waals surface area contributed by atoms with Gasteiger partial charge in [-0.25, -0.2) is 4.90 Å². The van der Waals surface area contributed by atoms with Crippen LogP contribution in [0.1, 0.15) is 21.9 Å². The summed E-state index contributed by atoms with van der Waals surface area (Å²) in [5.41, 5.74) is 2.85. The number of fused-ring (bicyclic) bond motifs is 2. The first-order valence-corrected chi connectivity index (χ1v) is 14.5. The van der Waals surface area contributed by atoms with Crippen molar-refractivity contribution in [3.63, 3.8) is 0 Å². The molecule has 1 fully saturated rings. The van der Waals surface area contributed by atoms with Gasteiger partial charge in [-0.2, -0.15) is 0 Å². The molecule has 0 bridgehead atoms. The number of anilines is 2. The number of hydrogen-bond acceptors (Lipinski definition) is 7. The molecule has 1 saturated heterocycles. The fourth-order valence-electron chi connectivity index (χ4n) is 5.00. The van der Waals surface area contributed by atoms with Gasteiger partial charge in [-0.1, -0.05) is 64.5 Å². The van der Waals surface area contributed by atoms with Gasteiger partial charge in [0.25, 0.3) is 5.91 Å². The average molecular weight is 592 g/mol. The number of aromatic nitrogens is 1. The van der Waals surface area contributed by atoms with Crippen molar-refractivity contribution in [1.29, 1.82) is 0 Å². The maximum atomic E-state index is 13.8. The predicted octanol–water partition coefficient (Wildman–Crippen LogP) is 5.21. The first kappa shape index (κ1) is 26.4. The second kappa shape index (κ2) is 10.6. The molecule has 3 heterocycles. The van der Waals surface area contributed by atoms with Gasteiger partial charge in [-0.3, -0.25) is 19.2 Å². The second-order valence-electron chi connectivity index (χ2n) is 9.51. The Hall–Kier alpha value is -3.86. The molecule has 3 atom stereocenters. The van der Waals surface area contributed by atoms with Gasteiger partial charge in [0.2, 0.25) is 11.8 Å². The number of aromatic amines is 1. The van der Waals surface area contributed by atoms with Crippen molar-refractivity contribution in [3.05, 3.63) is 103 Å². The number of thiazole rings is 1. The number of benzene rings is 3. The highest BCUT2D eigenvalue weighted by Crippen LogP contribution is 2.53. The lowest BCUT2D eigenvalue weighted by Gasteiger charge is -2.30. The van der Waals surface area contributed by atoms with Crippen LogP contribution in [0.15, 0.2) is 82.6 Å². The maximum Gasteiger partial charge on any atom is 0.305 e. The van der Waals surface area contributed by atoms with E-state index in [1.165, 1.54) is 16.7 Å². The number of amides is 3. The van der Waals surface area contributed by atoms with Gasteiger partial charge >= 0.3 is 4.87 Å². The molecule has 3 aromatic carbocycles. The van der Waals surface area contributed by atoms with Crippen LogP contribution in [-0.4, -0.2) is 34.6 Å². The van der Waals surface area contributed by atoms with E-state index in [0.29, 0.717) is 37.6 Å². The number of hydrogen-bond donors (Lipinski definition) is 2. The lowest BCUT2D eigenvalue weighted by molar-refractivity contribution is -0.122. The molecule has 2 aliphatic heterocycles. The molecule has 6 rings (SSSR count). The highest BCUT2D eigenvalue weighted by molar-refractivity contribution is 8.00. The van der Waals surface area contributed by atoms with Crippen LogP contribution >= 0.6 is 34.7 Å². The summed E-state index contributed by atoms with van der Waals surface area (Å²) in [6.07, 6.45) is 0. The van der Waals surface area contributed by atoms with E-state index in [2.05, 4.69) is 10.3 Å². The molecule has 0 radical (unpaired) electrons. The van der Waals surface area contributed by atoms with E-state index in [4.69, 9.17) is 16.3 Å². The van der Waals surface area contributed by atoms with Gasteiger partial charge < -0.3 is 15.0 Å². The number of H-pyrrole nitrogens is 1. The van der Waals surface area contributed by atoms with Crippen molar-refractivity contribution in [2.75, 3.05) is 16.8 Å². The van der Waals surface area contributed by atoms with Crippen LogP contribution in [0.5, 0.6) is 5.75 Å². The Kier molecular flexibility index (Phi) is 6.99. The second-order valence-corrected chi connectivity index (χ2v) is 12.1. The summed E-state index contributed by atoms with van der Waals surface area (Å²) in [5, 5.41) is 3.22.